The monoisotopic (exact) mass is 542 g/mol. The van der Waals surface area contributed by atoms with Gasteiger partial charge in [0.15, 0.2) is 0 Å². The molecule has 2 amide bonds. The highest BCUT2D eigenvalue weighted by molar-refractivity contribution is 6.34. The number of rotatable bonds is 8. The summed E-state index contributed by atoms with van der Waals surface area (Å²) in [5.74, 6) is -2.74. The van der Waals surface area contributed by atoms with E-state index in [1.54, 1.807) is 28.0 Å². The number of hydrogen-bond acceptors (Lipinski definition) is 6. The highest BCUT2D eigenvalue weighted by Crippen LogP contribution is 2.58. The molecule has 0 saturated carbocycles. The summed E-state index contributed by atoms with van der Waals surface area (Å²) in [7, 11) is 0. The van der Waals surface area contributed by atoms with Crippen LogP contribution in [0.15, 0.2) is 48.6 Å². The minimum atomic E-state index is -1.32. The average molecular weight is 543 g/mol. The van der Waals surface area contributed by atoms with Crippen LogP contribution in [0.25, 0.3) is 0 Å². The van der Waals surface area contributed by atoms with Gasteiger partial charge in [-0.1, -0.05) is 67.8 Å². The first-order chi connectivity index (χ1) is 18.4. The Balaban J connectivity index is 1.60. The van der Waals surface area contributed by atoms with E-state index in [-0.39, 0.29) is 31.6 Å². The summed E-state index contributed by atoms with van der Waals surface area (Å²) in [6.07, 6.45) is 11.5. The average Bonchev–Trinajstić information content (AvgIpc) is 3.25. The van der Waals surface area contributed by atoms with Crippen molar-refractivity contribution in [2.45, 2.75) is 62.7 Å². The zero-order chi connectivity index (χ0) is 26.9. The number of benzene rings is 1. The number of anilines is 1. The molecule has 2 saturated heterocycles. The Morgan fingerprint density at radius 2 is 1.82 bits per heavy atom. The number of ether oxygens (including phenoxy) is 2. The molecule has 4 aliphatic heterocycles. The van der Waals surface area contributed by atoms with Crippen LogP contribution in [0, 0.1) is 11.8 Å². The summed E-state index contributed by atoms with van der Waals surface area (Å²) < 4.78 is 12.5. The molecule has 1 spiro atoms. The number of carbonyl (C=O) groups is 3. The normalized spacial score (nSPS) is 32.4. The topological polar surface area (TPSA) is 96.4 Å². The van der Waals surface area contributed by atoms with Crippen molar-refractivity contribution in [3.63, 3.8) is 0 Å². The van der Waals surface area contributed by atoms with E-state index < -0.39 is 35.0 Å². The van der Waals surface area contributed by atoms with Gasteiger partial charge in [-0.25, -0.2) is 0 Å². The van der Waals surface area contributed by atoms with Crippen LogP contribution in [0.5, 0.6) is 0 Å². The maximum Gasteiger partial charge on any atom is 0.313 e. The molecule has 1 N–H and O–H groups in total. The second-order valence-electron chi connectivity index (χ2n) is 10.5. The largest absolute Gasteiger partial charge is 0.465 e. The summed E-state index contributed by atoms with van der Waals surface area (Å²) in [5, 5.41) is 9.57. The second kappa shape index (κ2) is 10.8. The fourth-order valence-electron chi connectivity index (χ4n) is 6.60. The number of nitrogens with zero attached hydrogens (tertiary/aromatic N) is 2. The van der Waals surface area contributed by atoms with Crippen molar-refractivity contribution in [1.29, 1.82) is 0 Å². The Labute approximate surface area is 228 Å². The standard InChI is InChI=1S/C29H35ClN2O6/c1-2-28-14-7-10-19-37-27(36)23(28)22-25(34)32(16-8-3-4-9-18-33)24-26(35)31(17-11-15-29(22,24)38-28)21-13-6-5-12-20(21)30/h5-7,11-15,22-24,33H,2-4,8-10,16-19H2,1H3/t22-,23-,24?,28+,29-/m0/s1. The smallest absolute Gasteiger partial charge is 0.313 e. The Morgan fingerprint density at radius 1 is 1.03 bits per heavy atom. The summed E-state index contributed by atoms with van der Waals surface area (Å²) in [4.78, 5) is 45.3. The van der Waals surface area contributed by atoms with Crippen LogP contribution in [0.3, 0.4) is 0 Å². The maximum absolute atomic E-state index is 14.4. The van der Waals surface area contributed by atoms with Gasteiger partial charge in [0.1, 0.15) is 23.2 Å². The van der Waals surface area contributed by atoms with Crippen LogP contribution >= 0.6 is 11.6 Å². The molecule has 9 heteroatoms. The van der Waals surface area contributed by atoms with Crippen LogP contribution in [0.1, 0.15) is 45.4 Å². The summed E-state index contributed by atoms with van der Waals surface area (Å²) in [5.41, 5.74) is -1.80. The number of hydrogen-bond donors (Lipinski definition) is 1. The number of aliphatic hydroxyl groups is 1. The van der Waals surface area contributed by atoms with Crippen molar-refractivity contribution >= 4 is 35.1 Å². The highest BCUT2D eigenvalue weighted by atomic mass is 35.5. The number of cyclic esters (lactones) is 1. The summed E-state index contributed by atoms with van der Waals surface area (Å²) >= 11 is 6.50. The molecule has 4 aliphatic rings. The number of para-hydroxylation sites is 1. The molecule has 8 nitrogen and oxygen atoms in total. The van der Waals surface area contributed by atoms with E-state index in [4.69, 9.17) is 26.2 Å². The number of halogens is 1. The van der Waals surface area contributed by atoms with Crippen molar-refractivity contribution in [3.05, 3.63) is 53.6 Å². The zero-order valence-electron chi connectivity index (χ0n) is 21.7. The summed E-state index contributed by atoms with van der Waals surface area (Å²) in [6, 6.07) is 6.19. The summed E-state index contributed by atoms with van der Waals surface area (Å²) in [6.45, 7) is 2.91. The SMILES string of the molecule is CC[C@@]12C=CCCOC(=O)[C@@H]1[C@H]1C(=O)N(CCCCCCO)C3C(=O)N(c4ccccc4Cl)CC=C[C@@]31O2. The minimum absolute atomic E-state index is 0.122. The van der Waals surface area contributed by atoms with Gasteiger partial charge in [0, 0.05) is 19.7 Å². The lowest BCUT2D eigenvalue weighted by Crippen LogP contribution is -2.56. The molecule has 1 aromatic rings. The third kappa shape index (κ3) is 4.27. The predicted octanol–water partition coefficient (Wildman–Crippen LogP) is 3.66. The molecule has 1 aromatic carbocycles. The number of amides is 2. The van der Waals surface area contributed by atoms with Crippen molar-refractivity contribution in [2.75, 3.05) is 31.2 Å². The van der Waals surface area contributed by atoms with Crippen molar-refractivity contribution in [1.82, 2.24) is 4.90 Å². The molecule has 0 aliphatic carbocycles. The van der Waals surface area contributed by atoms with Gasteiger partial charge in [-0.15, -0.1) is 0 Å². The Hall–Kier alpha value is -2.68. The molecule has 204 valence electrons. The van der Waals surface area contributed by atoms with Crippen LogP contribution in [0.2, 0.25) is 5.02 Å². The first-order valence-electron chi connectivity index (χ1n) is 13.6. The van der Waals surface area contributed by atoms with Crippen LogP contribution in [-0.4, -0.2) is 71.3 Å². The van der Waals surface area contributed by atoms with Crippen molar-refractivity contribution in [3.8, 4) is 0 Å². The van der Waals surface area contributed by atoms with Gasteiger partial charge in [-0.3, -0.25) is 14.4 Å². The number of likely N-dealkylation sites (tertiary alicyclic amines) is 1. The predicted molar refractivity (Wildman–Crippen MR) is 143 cm³/mol. The third-order valence-electron chi connectivity index (χ3n) is 8.35. The quantitative estimate of drug-likeness (QED) is 0.306. The molecule has 5 rings (SSSR count). The number of aliphatic hydroxyl groups excluding tert-OH is 1. The van der Waals surface area contributed by atoms with Crippen LogP contribution < -0.4 is 4.90 Å². The zero-order valence-corrected chi connectivity index (χ0v) is 22.4. The molecule has 1 unspecified atom stereocenters. The lowest BCUT2D eigenvalue weighted by molar-refractivity contribution is -0.160. The second-order valence-corrected chi connectivity index (χ2v) is 10.9. The van der Waals surface area contributed by atoms with Gasteiger partial charge in [0.25, 0.3) is 5.91 Å². The Kier molecular flexibility index (Phi) is 7.67. The molecule has 4 heterocycles. The van der Waals surface area contributed by atoms with Gasteiger partial charge in [0.2, 0.25) is 5.91 Å². The van der Waals surface area contributed by atoms with E-state index in [1.165, 1.54) is 0 Å². The van der Waals surface area contributed by atoms with Gasteiger partial charge >= 0.3 is 5.97 Å². The number of unbranched alkanes of at least 4 members (excludes halogenated alkanes) is 3. The molecule has 2 fully saturated rings. The number of carbonyl (C=O) groups excluding carboxylic acids is 3. The van der Waals surface area contributed by atoms with Gasteiger partial charge in [0.05, 0.1) is 23.2 Å². The third-order valence-corrected chi connectivity index (χ3v) is 8.67. The van der Waals surface area contributed by atoms with Crippen molar-refractivity contribution < 1.29 is 29.0 Å². The maximum atomic E-state index is 14.4. The van der Waals surface area contributed by atoms with Gasteiger partial charge in [-0.05, 0) is 37.8 Å². The molecular weight excluding hydrogens is 508 g/mol. The Bertz CT molecular complexity index is 1150. The first-order valence-corrected chi connectivity index (χ1v) is 14.0. The van der Waals surface area contributed by atoms with Gasteiger partial charge < -0.3 is 24.4 Å². The Morgan fingerprint density at radius 3 is 2.58 bits per heavy atom. The molecule has 0 radical (unpaired) electrons. The first kappa shape index (κ1) is 26.9. The van der Waals surface area contributed by atoms with E-state index in [1.807, 2.05) is 37.3 Å². The van der Waals surface area contributed by atoms with E-state index in [9.17, 15) is 14.4 Å². The number of fused-ring (bicyclic) bond motifs is 2. The van der Waals surface area contributed by atoms with E-state index in [0.717, 1.165) is 12.8 Å². The molecule has 0 bridgehead atoms. The van der Waals surface area contributed by atoms with Crippen LogP contribution in [0.4, 0.5) is 5.69 Å². The molecule has 38 heavy (non-hydrogen) atoms. The van der Waals surface area contributed by atoms with Crippen LogP contribution in [-0.2, 0) is 23.9 Å². The fourth-order valence-corrected chi connectivity index (χ4v) is 6.84. The lowest BCUT2D eigenvalue weighted by atomic mass is 9.73. The van der Waals surface area contributed by atoms with E-state index in [0.29, 0.717) is 42.9 Å². The minimum Gasteiger partial charge on any atom is -0.465 e. The molecule has 0 aromatic heterocycles. The van der Waals surface area contributed by atoms with Gasteiger partial charge in [-0.2, -0.15) is 0 Å². The van der Waals surface area contributed by atoms with Crippen molar-refractivity contribution in [2.24, 2.45) is 11.8 Å². The highest BCUT2D eigenvalue weighted by Gasteiger charge is 2.75. The molecule has 5 atom stereocenters. The molecular formula is C29H35ClN2O6. The lowest BCUT2D eigenvalue weighted by Gasteiger charge is -2.39. The fraction of sp³-hybridized carbons (Fsp3) is 0.552. The number of esters is 1. The van der Waals surface area contributed by atoms with E-state index >= 15 is 0 Å². The van der Waals surface area contributed by atoms with E-state index in [2.05, 4.69) is 0 Å².